The van der Waals surface area contributed by atoms with Crippen LogP contribution in [0.2, 0.25) is 0 Å². The number of hydrogen-bond acceptors (Lipinski definition) is 3. The smallest absolute Gasteiger partial charge is 0.410 e. The first-order chi connectivity index (χ1) is 8.99. The molecule has 4 nitrogen and oxygen atoms in total. The third-order valence-electron chi connectivity index (χ3n) is 3.32. The number of ether oxygens (including phenoxy) is 2. The standard InChI is InChI=1S/C15H21NO3/c1-12-9-16(15(2,3)11-19-12)14(17)18-10-13-7-5-4-6-8-13/h4-8,12H,9-11H2,1-3H3. The summed E-state index contributed by atoms with van der Waals surface area (Å²) in [5, 5.41) is 0. The Hall–Kier alpha value is -1.55. The maximum absolute atomic E-state index is 12.2. The second-order valence-corrected chi connectivity index (χ2v) is 5.58. The Bertz CT molecular complexity index is 430. The molecule has 0 saturated carbocycles. The van der Waals surface area contributed by atoms with Crippen LogP contribution in [-0.2, 0) is 16.1 Å². The monoisotopic (exact) mass is 263 g/mol. The molecule has 1 fully saturated rings. The van der Waals surface area contributed by atoms with Gasteiger partial charge < -0.3 is 9.47 Å². The van der Waals surface area contributed by atoms with Crippen molar-refractivity contribution in [2.45, 2.75) is 39.0 Å². The van der Waals surface area contributed by atoms with Crippen molar-refractivity contribution in [2.24, 2.45) is 0 Å². The third kappa shape index (κ3) is 3.47. The number of morpholine rings is 1. The molecule has 0 aromatic heterocycles. The molecule has 0 spiro atoms. The van der Waals surface area contributed by atoms with Gasteiger partial charge in [0.15, 0.2) is 0 Å². The molecule has 0 radical (unpaired) electrons. The predicted molar refractivity (Wildman–Crippen MR) is 72.8 cm³/mol. The van der Waals surface area contributed by atoms with E-state index in [0.29, 0.717) is 19.8 Å². The lowest BCUT2D eigenvalue weighted by Gasteiger charge is -2.43. The first kappa shape index (κ1) is 13.9. The average molecular weight is 263 g/mol. The van der Waals surface area contributed by atoms with Gasteiger partial charge in [-0.25, -0.2) is 4.79 Å². The van der Waals surface area contributed by atoms with Crippen molar-refractivity contribution in [3.8, 4) is 0 Å². The second-order valence-electron chi connectivity index (χ2n) is 5.58. The van der Waals surface area contributed by atoms with Gasteiger partial charge >= 0.3 is 6.09 Å². The molecule has 1 aromatic rings. The summed E-state index contributed by atoms with van der Waals surface area (Å²) < 4.78 is 11.0. The molecule has 1 heterocycles. The largest absolute Gasteiger partial charge is 0.445 e. The van der Waals surface area contributed by atoms with Crippen LogP contribution in [0.4, 0.5) is 4.79 Å². The zero-order chi connectivity index (χ0) is 13.9. The Morgan fingerprint density at radius 2 is 2.11 bits per heavy atom. The molecular weight excluding hydrogens is 242 g/mol. The maximum Gasteiger partial charge on any atom is 0.410 e. The van der Waals surface area contributed by atoms with E-state index in [4.69, 9.17) is 9.47 Å². The first-order valence-corrected chi connectivity index (χ1v) is 6.59. The van der Waals surface area contributed by atoms with Crippen molar-refractivity contribution in [1.29, 1.82) is 0 Å². The van der Waals surface area contributed by atoms with Crippen LogP contribution in [0.3, 0.4) is 0 Å². The molecule has 1 aliphatic heterocycles. The fourth-order valence-electron chi connectivity index (χ4n) is 2.10. The van der Waals surface area contributed by atoms with Gasteiger partial charge in [-0.2, -0.15) is 0 Å². The van der Waals surface area contributed by atoms with Gasteiger partial charge in [0.2, 0.25) is 0 Å². The van der Waals surface area contributed by atoms with Gasteiger partial charge in [0.1, 0.15) is 6.61 Å². The lowest BCUT2D eigenvalue weighted by atomic mass is 10.0. The summed E-state index contributed by atoms with van der Waals surface area (Å²) in [5.41, 5.74) is 0.676. The summed E-state index contributed by atoms with van der Waals surface area (Å²) in [6.07, 6.45) is -0.221. The van der Waals surface area contributed by atoms with Crippen molar-refractivity contribution in [3.63, 3.8) is 0 Å². The molecule has 1 aliphatic rings. The van der Waals surface area contributed by atoms with E-state index in [9.17, 15) is 4.79 Å². The Morgan fingerprint density at radius 1 is 1.42 bits per heavy atom. The van der Waals surface area contributed by atoms with Crippen LogP contribution in [-0.4, -0.2) is 35.8 Å². The molecular formula is C15H21NO3. The highest BCUT2D eigenvalue weighted by atomic mass is 16.6. The van der Waals surface area contributed by atoms with Crippen LogP contribution in [0.1, 0.15) is 26.3 Å². The molecule has 1 aromatic carbocycles. The lowest BCUT2D eigenvalue weighted by Crippen LogP contribution is -2.57. The highest BCUT2D eigenvalue weighted by Crippen LogP contribution is 2.23. The second kappa shape index (κ2) is 5.61. The molecule has 1 saturated heterocycles. The minimum absolute atomic E-state index is 0.0531. The summed E-state index contributed by atoms with van der Waals surface area (Å²) in [6, 6.07) is 9.70. The van der Waals surface area contributed by atoms with Crippen LogP contribution in [0.15, 0.2) is 30.3 Å². The fourth-order valence-corrected chi connectivity index (χ4v) is 2.10. The maximum atomic E-state index is 12.2. The average Bonchev–Trinajstić information content (AvgIpc) is 2.40. The van der Waals surface area contributed by atoms with Crippen LogP contribution in [0.5, 0.6) is 0 Å². The van der Waals surface area contributed by atoms with E-state index in [1.165, 1.54) is 0 Å². The summed E-state index contributed by atoms with van der Waals surface area (Å²) in [7, 11) is 0. The van der Waals surface area contributed by atoms with Crippen molar-refractivity contribution in [2.75, 3.05) is 13.2 Å². The Kier molecular flexibility index (Phi) is 4.10. The van der Waals surface area contributed by atoms with Crippen LogP contribution >= 0.6 is 0 Å². The number of nitrogens with zero attached hydrogens (tertiary/aromatic N) is 1. The zero-order valence-electron chi connectivity index (χ0n) is 11.8. The number of carbonyl (C=O) groups is 1. The number of amides is 1. The van der Waals surface area contributed by atoms with E-state index in [0.717, 1.165) is 5.56 Å². The van der Waals surface area contributed by atoms with Crippen molar-refractivity contribution in [1.82, 2.24) is 4.90 Å². The van der Waals surface area contributed by atoms with Gasteiger partial charge in [0, 0.05) is 0 Å². The van der Waals surface area contributed by atoms with Crippen molar-refractivity contribution >= 4 is 6.09 Å². The van der Waals surface area contributed by atoms with E-state index in [-0.39, 0.29) is 17.7 Å². The minimum Gasteiger partial charge on any atom is -0.445 e. The van der Waals surface area contributed by atoms with E-state index in [2.05, 4.69) is 0 Å². The van der Waals surface area contributed by atoms with E-state index in [1.807, 2.05) is 51.1 Å². The van der Waals surface area contributed by atoms with E-state index >= 15 is 0 Å². The van der Waals surface area contributed by atoms with Crippen molar-refractivity contribution in [3.05, 3.63) is 35.9 Å². The molecule has 104 valence electrons. The fraction of sp³-hybridized carbons (Fsp3) is 0.533. The first-order valence-electron chi connectivity index (χ1n) is 6.59. The Labute approximate surface area is 114 Å². The Balaban J connectivity index is 1.95. The minimum atomic E-state index is -0.319. The third-order valence-corrected chi connectivity index (χ3v) is 3.32. The normalized spacial score (nSPS) is 22.1. The SMILES string of the molecule is CC1CN(C(=O)OCc2ccccc2)C(C)(C)CO1. The molecule has 1 amide bonds. The highest BCUT2D eigenvalue weighted by Gasteiger charge is 2.37. The molecule has 1 unspecified atom stereocenters. The van der Waals surface area contributed by atoms with Crippen LogP contribution in [0, 0.1) is 0 Å². The van der Waals surface area contributed by atoms with Gasteiger partial charge in [-0.1, -0.05) is 30.3 Å². The molecule has 19 heavy (non-hydrogen) atoms. The number of benzene rings is 1. The quantitative estimate of drug-likeness (QED) is 0.823. The lowest BCUT2D eigenvalue weighted by molar-refractivity contribution is -0.0837. The van der Waals surface area contributed by atoms with Gasteiger partial charge in [0.25, 0.3) is 0 Å². The molecule has 1 atom stereocenters. The van der Waals surface area contributed by atoms with Gasteiger partial charge in [-0.3, -0.25) is 4.90 Å². The Morgan fingerprint density at radius 3 is 2.79 bits per heavy atom. The summed E-state index contributed by atoms with van der Waals surface area (Å²) in [4.78, 5) is 13.9. The van der Waals surface area contributed by atoms with E-state index in [1.54, 1.807) is 4.90 Å². The molecule has 4 heteroatoms. The number of rotatable bonds is 2. The topological polar surface area (TPSA) is 38.8 Å². The number of carbonyl (C=O) groups excluding carboxylic acids is 1. The van der Waals surface area contributed by atoms with Gasteiger partial charge in [-0.05, 0) is 26.3 Å². The molecule has 0 aliphatic carbocycles. The number of hydrogen-bond donors (Lipinski definition) is 0. The summed E-state index contributed by atoms with van der Waals surface area (Å²) in [5.74, 6) is 0. The van der Waals surface area contributed by atoms with E-state index < -0.39 is 0 Å². The summed E-state index contributed by atoms with van der Waals surface area (Å²) in [6.45, 7) is 7.36. The highest BCUT2D eigenvalue weighted by molar-refractivity contribution is 5.68. The van der Waals surface area contributed by atoms with Crippen LogP contribution < -0.4 is 0 Å². The molecule has 0 N–H and O–H groups in total. The summed E-state index contributed by atoms with van der Waals surface area (Å²) >= 11 is 0. The van der Waals surface area contributed by atoms with Gasteiger partial charge in [0.05, 0.1) is 24.8 Å². The molecule has 0 bridgehead atoms. The van der Waals surface area contributed by atoms with Gasteiger partial charge in [-0.15, -0.1) is 0 Å². The van der Waals surface area contributed by atoms with Crippen LogP contribution in [0.25, 0.3) is 0 Å². The zero-order valence-corrected chi connectivity index (χ0v) is 11.8. The van der Waals surface area contributed by atoms with Crippen molar-refractivity contribution < 1.29 is 14.3 Å². The predicted octanol–water partition coefficient (Wildman–Crippen LogP) is 2.82. The molecule has 2 rings (SSSR count).